The number of ether oxygens (including phenoxy) is 1. The third-order valence-corrected chi connectivity index (χ3v) is 1.69. The lowest BCUT2D eigenvalue weighted by molar-refractivity contribution is -0.139. The molecule has 0 aromatic heterocycles. The Hall–Kier alpha value is -0.970. The van der Waals surface area contributed by atoms with Gasteiger partial charge in [0.25, 0.3) is 0 Å². The summed E-state index contributed by atoms with van der Waals surface area (Å²) in [5.41, 5.74) is 0. The molecular formula is C9H14O4S. The van der Waals surface area contributed by atoms with E-state index in [1.165, 1.54) is 0 Å². The molecule has 0 aliphatic rings. The summed E-state index contributed by atoms with van der Waals surface area (Å²) in [6.45, 7) is 3.59. The zero-order chi connectivity index (χ0) is 11.0. The Morgan fingerprint density at radius 1 is 1.29 bits per heavy atom. The monoisotopic (exact) mass is 218 g/mol. The predicted molar refractivity (Wildman–Crippen MR) is 55.2 cm³/mol. The van der Waals surface area contributed by atoms with Gasteiger partial charge in [0.1, 0.15) is 0 Å². The Morgan fingerprint density at radius 3 is 2.43 bits per heavy atom. The highest BCUT2D eigenvalue weighted by atomic mass is 32.1. The maximum absolute atomic E-state index is 10.8. The number of carbonyl (C=O) groups is 2. The fraction of sp³-hybridized carbons (Fsp3) is 0.556. The van der Waals surface area contributed by atoms with E-state index in [0.717, 1.165) is 6.42 Å². The minimum atomic E-state index is -0.800. The van der Waals surface area contributed by atoms with E-state index in [-0.39, 0.29) is 17.9 Å². The first-order chi connectivity index (χ1) is 6.54. The molecule has 0 fully saturated rings. The molecule has 0 aromatic carbocycles. The molecule has 0 aliphatic heterocycles. The van der Waals surface area contributed by atoms with Crippen LogP contribution in [0.15, 0.2) is 11.5 Å². The van der Waals surface area contributed by atoms with E-state index in [1.54, 1.807) is 0 Å². The number of unbranched alkanes of at least 4 members (excludes halogenated alkanes) is 2. The van der Waals surface area contributed by atoms with Crippen molar-refractivity contribution in [2.45, 2.75) is 25.7 Å². The van der Waals surface area contributed by atoms with Crippen molar-refractivity contribution in [1.29, 1.82) is 0 Å². The number of esters is 1. The van der Waals surface area contributed by atoms with Crippen molar-refractivity contribution in [3.63, 3.8) is 0 Å². The van der Waals surface area contributed by atoms with Crippen LogP contribution < -0.4 is 0 Å². The van der Waals surface area contributed by atoms with Crippen molar-refractivity contribution in [2.75, 3.05) is 6.61 Å². The van der Waals surface area contributed by atoms with Crippen molar-refractivity contribution < 1.29 is 19.4 Å². The summed E-state index contributed by atoms with van der Waals surface area (Å²) in [6.07, 6.45) is 2.17. The number of carboxylic acids is 1. The van der Waals surface area contributed by atoms with Crippen LogP contribution in [0.2, 0.25) is 0 Å². The van der Waals surface area contributed by atoms with Gasteiger partial charge in [0.2, 0.25) is 0 Å². The number of hydrogen-bond donors (Lipinski definition) is 2. The van der Waals surface area contributed by atoms with Crippen molar-refractivity contribution in [1.82, 2.24) is 0 Å². The van der Waals surface area contributed by atoms with Crippen LogP contribution in [0.3, 0.4) is 0 Å². The van der Waals surface area contributed by atoms with Gasteiger partial charge in [0, 0.05) is 6.42 Å². The maximum atomic E-state index is 10.8. The molecule has 0 aliphatic carbocycles. The Kier molecular flexibility index (Phi) is 6.92. The third-order valence-electron chi connectivity index (χ3n) is 1.50. The van der Waals surface area contributed by atoms with Crippen LogP contribution in [0.1, 0.15) is 25.7 Å². The quantitative estimate of drug-likeness (QED) is 0.295. The largest absolute Gasteiger partial charge is 0.481 e. The highest BCUT2D eigenvalue weighted by molar-refractivity contribution is 7.85. The summed E-state index contributed by atoms with van der Waals surface area (Å²) in [6, 6.07) is 0. The number of aliphatic carboxylic acids is 1. The highest BCUT2D eigenvalue weighted by Crippen LogP contribution is 2.03. The molecule has 0 bridgehead atoms. The smallest absolute Gasteiger partial charge is 0.343 e. The van der Waals surface area contributed by atoms with E-state index in [0.29, 0.717) is 12.8 Å². The van der Waals surface area contributed by atoms with Crippen molar-refractivity contribution in [3.8, 4) is 0 Å². The first-order valence-corrected chi connectivity index (χ1v) is 4.75. The van der Waals surface area contributed by atoms with Gasteiger partial charge in [-0.3, -0.25) is 4.79 Å². The molecule has 0 amide bonds. The summed E-state index contributed by atoms with van der Waals surface area (Å²) in [7, 11) is 0. The van der Waals surface area contributed by atoms with Crippen LogP contribution in [0.4, 0.5) is 0 Å². The van der Waals surface area contributed by atoms with E-state index < -0.39 is 11.9 Å². The Bertz CT molecular complexity index is 225. The van der Waals surface area contributed by atoms with Gasteiger partial charge in [-0.15, -0.1) is 12.6 Å². The third kappa shape index (κ3) is 7.67. The standard InChI is InChI=1S/C9H14O4S/c1-7(14)9(12)13-6-4-2-3-5-8(10)11/h14H,1-6H2,(H,10,11). The number of rotatable bonds is 7. The van der Waals surface area contributed by atoms with Gasteiger partial charge < -0.3 is 9.84 Å². The maximum Gasteiger partial charge on any atom is 0.343 e. The number of carboxylic acid groups (broad SMARTS) is 1. The van der Waals surface area contributed by atoms with Gasteiger partial charge >= 0.3 is 11.9 Å². The molecule has 0 aromatic rings. The summed E-state index contributed by atoms with van der Waals surface area (Å²) in [4.78, 5) is 21.0. The van der Waals surface area contributed by atoms with Gasteiger partial charge in [-0.05, 0) is 19.3 Å². The van der Waals surface area contributed by atoms with Crippen LogP contribution in [-0.4, -0.2) is 23.7 Å². The average Bonchev–Trinajstić information content (AvgIpc) is 2.09. The van der Waals surface area contributed by atoms with Gasteiger partial charge in [-0.1, -0.05) is 6.58 Å². The average molecular weight is 218 g/mol. The van der Waals surface area contributed by atoms with Crippen LogP contribution in [0, 0.1) is 0 Å². The zero-order valence-electron chi connectivity index (χ0n) is 7.86. The first kappa shape index (κ1) is 13.0. The van der Waals surface area contributed by atoms with Gasteiger partial charge in [0.05, 0.1) is 11.5 Å². The molecule has 0 atom stereocenters. The van der Waals surface area contributed by atoms with Crippen LogP contribution in [0.5, 0.6) is 0 Å². The minimum absolute atomic E-state index is 0.0792. The topological polar surface area (TPSA) is 63.6 Å². The molecule has 0 saturated carbocycles. The van der Waals surface area contributed by atoms with Crippen molar-refractivity contribution in [2.24, 2.45) is 0 Å². The zero-order valence-corrected chi connectivity index (χ0v) is 8.76. The summed E-state index contributed by atoms with van der Waals surface area (Å²) in [5.74, 6) is -1.32. The molecule has 14 heavy (non-hydrogen) atoms. The van der Waals surface area contributed by atoms with Gasteiger partial charge in [-0.25, -0.2) is 4.79 Å². The van der Waals surface area contributed by atoms with E-state index in [9.17, 15) is 9.59 Å². The van der Waals surface area contributed by atoms with E-state index in [2.05, 4.69) is 19.2 Å². The molecule has 0 radical (unpaired) electrons. The number of hydrogen-bond acceptors (Lipinski definition) is 4. The first-order valence-electron chi connectivity index (χ1n) is 4.31. The molecule has 0 saturated heterocycles. The molecule has 1 N–H and O–H groups in total. The molecule has 0 heterocycles. The predicted octanol–water partition coefficient (Wildman–Crippen LogP) is 1.62. The van der Waals surface area contributed by atoms with Crippen molar-refractivity contribution >= 4 is 24.6 Å². The molecule has 5 heteroatoms. The fourth-order valence-corrected chi connectivity index (χ4v) is 0.868. The second kappa shape index (κ2) is 7.44. The molecule has 80 valence electrons. The van der Waals surface area contributed by atoms with Gasteiger partial charge in [-0.2, -0.15) is 0 Å². The molecule has 0 rings (SSSR count). The molecule has 0 spiro atoms. The highest BCUT2D eigenvalue weighted by Gasteiger charge is 2.03. The van der Waals surface area contributed by atoms with E-state index >= 15 is 0 Å². The number of thiol groups is 1. The lowest BCUT2D eigenvalue weighted by Gasteiger charge is -2.02. The molecular weight excluding hydrogens is 204 g/mol. The summed E-state index contributed by atoms with van der Waals surface area (Å²) < 4.78 is 4.75. The lowest BCUT2D eigenvalue weighted by atomic mass is 10.2. The van der Waals surface area contributed by atoms with Crippen LogP contribution in [0.25, 0.3) is 0 Å². The fourth-order valence-electron chi connectivity index (χ4n) is 0.803. The second-order valence-electron chi connectivity index (χ2n) is 2.79. The van der Waals surface area contributed by atoms with Crippen LogP contribution >= 0.6 is 12.6 Å². The molecule has 4 nitrogen and oxygen atoms in total. The van der Waals surface area contributed by atoms with E-state index in [4.69, 9.17) is 9.84 Å². The minimum Gasteiger partial charge on any atom is -0.481 e. The van der Waals surface area contributed by atoms with Crippen LogP contribution in [-0.2, 0) is 14.3 Å². The summed E-state index contributed by atoms with van der Waals surface area (Å²) in [5, 5.41) is 8.32. The Morgan fingerprint density at radius 2 is 1.93 bits per heavy atom. The SMILES string of the molecule is C=C(S)C(=O)OCCCCCC(=O)O. The van der Waals surface area contributed by atoms with E-state index in [1.807, 2.05) is 0 Å². The number of carbonyl (C=O) groups excluding carboxylic acids is 1. The molecule has 0 unspecified atom stereocenters. The Balaban J connectivity index is 3.26. The van der Waals surface area contributed by atoms with Crippen molar-refractivity contribution in [3.05, 3.63) is 11.5 Å². The normalized spacial score (nSPS) is 9.50. The second-order valence-corrected chi connectivity index (χ2v) is 3.33. The van der Waals surface area contributed by atoms with Gasteiger partial charge in [0.15, 0.2) is 0 Å². The summed E-state index contributed by atoms with van der Waals surface area (Å²) >= 11 is 3.72. The lowest BCUT2D eigenvalue weighted by Crippen LogP contribution is -2.05. The Labute approximate surface area is 88.4 Å².